The summed E-state index contributed by atoms with van der Waals surface area (Å²) in [6.07, 6.45) is 0. The molecule has 2 aliphatic heterocycles. The molecule has 0 bridgehead atoms. The van der Waals surface area contributed by atoms with E-state index in [1.807, 2.05) is 17.0 Å². The van der Waals surface area contributed by atoms with Crippen LogP contribution >= 0.6 is 0 Å². The molecule has 166 valence electrons. The standard InChI is InChI=1S/C20H22F3N5O3/c1-30-19-17(22)13(12-14(21)18(19)23)20(29)28-6-4-26(5-7-28)15-2-3-16(25-24-15)27-8-10-31-11-9-27/h2-3,12H,4-11H2,1H3. The molecule has 3 heterocycles. The summed E-state index contributed by atoms with van der Waals surface area (Å²) in [5.74, 6) is -4.18. The number of halogens is 3. The van der Waals surface area contributed by atoms with Gasteiger partial charge in [-0.3, -0.25) is 4.79 Å². The van der Waals surface area contributed by atoms with Gasteiger partial charge in [-0.25, -0.2) is 8.78 Å². The summed E-state index contributed by atoms with van der Waals surface area (Å²) in [7, 11) is 1.01. The van der Waals surface area contributed by atoms with Crippen LogP contribution in [0.1, 0.15) is 10.4 Å². The second-order valence-electron chi connectivity index (χ2n) is 7.20. The van der Waals surface area contributed by atoms with Crippen LogP contribution < -0.4 is 14.5 Å². The van der Waals surface area contributed by atoms with Gasteiger partial charge in [-0.1, -0.05) is 0 Å². The summed E-state index contributed by atoms with van der Waals surface area (Å²) in [5.41, 5.74) is -0.557. The predicted molar refractivity (Wildman–Crippen MR) is 106 cm³/mol. The van der Waals surface area contributed by atoms with Crippen molar-refractivity contribution in [1.82, 2.24) is 15.1 Å². The van der Waals surface area contributed by atoms with Crippen LogP contribution in [0.3, 0.4) is 0 Å². The fourth-order valence-electron chi connectivity index (χ4n) is 3.67. The Hall–Kier alpha value is -3.08. The number of carbonyl (C=O) groups is 1. The number of morpholine rings is 1. The van der Waals surface area contributed by atoms with Crippen molar-refractivity contribution in [1.29, 1.82) is 0 Å². The molecule has 1 aromatic heterocycles. The van der Waals surface area contributed by atoms with E-state index in [0.717, 1.165) is 26.0 Å². The highest BCUT2D eigenvalue weighted by atomic mass is 19.2. The van der Waals surface area contributed by atoms with Crippen molar-refractivity contribution in [3.05, 3.63) is 41.2 Å². The molecule has 0 N–H and O–H groups in total. The number of ether oxygens (including phenoxy) is 2. The SMILES string of the molecule is COc1c(F)c(F)cc(C(=O)N2CCN(c3ccc(N4CCOCC4)nn3)CC2)c1F. The summed E-state index contributed by atoms with van der Waals surface area (Å²) in [5, 5.41) is 8.57. The van der Waals surface area contributed by atoms with Crippen molar-refractivity contribution < 1.29 is 27.4 Å². The largest absolute Gasteiger partial charge is 0.491 e. The predicted octanol–water partition coefficient (Wildman–Crippen LogP) is 1.70. The lowest BCUT2D eigenvalue weighted by atomic mass is 10.1. The van der Waals surface area contributed by atoms with Gasteiger partial charge in [0, 0.05) is 39.3 Å². The zero-order valence-corrected chi connectivity index (χ0v) is 17.0. The van der Waals surface area contributed by atoms with Crippen molar-refractivity contribution in [3.63, 3.8) is 0 Å². The number of carbonyl (C=O) groups excluding carboxylic acids is 1. The Morgan fingerprint density at radius 2 is 1.52 bits per heavy atom. The maximum absolute atomic E-state index is 14.4. The topological polar surface area (TPSA) is 71.0 Å². The zero-order chi connectivity index (χ0) is 22.0. The lowest BCUT2D eigenvalue weighted by Gasteiger charge is -2.35. The fraction of sp³-hybridized carbons (Fsp3) is 0.450. The second-order valence-corrected chi connectivity index (χ2v) is 7.20. The first-order valence-corrected chi connectivity index (χ1v) is 9.91. The third-order valence-corrected chi connectivity index (χ3v) is 5.41. The van der Waals surface area contributed by atoms with E-state index in [2.05, 4.69) is 19.8 Å². The van der Waals surface area contributed by atoms with E-state index in [9.17, 15) is 18.0 Å². The molecule has 2 aromatic rings. The van der Waals surface area contributed by atoms with E-state index >= 15 is 0 Å². The van der Waals surface area contributed by atoms with Gasteiger partial charge in [-0.15, -0.1) is 10.2 Å². The minimum Gasteiger partial charge on any atom is -0.491 e. The molecule has 2 fully saturated rings. The normalized spacial score (nSPS) is 17.1. The summed E-state index contributed by atoms with van der Waals surface area (Å²) < 4.78 is 51.7. The van der Waals surface area contributed by atoms with Gasteiger partial charge in [0.1, 0.15) is 0 Å². The molecule has 0 spiro atoms. The maximum Gasteiger partial charge on any atom is 0.257 e. The monoisotopic (exact) mass is 437 g/mol. The maximum atomic E-state index is 14.4. The highest BCUT2D eigenvalue weighted by Crippen LogP contribution is 2.28. The molecule has 2 saturated heterocycles. The van der Waals surface area contributed by atoms with Crippen molar-refractivity contribution in [2.45, 2.75) is 0 Å². The molecule has 0 saturated carbocycles. The molecule has 0 aliphatic carbocycles. The number of piperazine rings is 1. The van der Waals surface area contributed by atoms with Gasteiger partial charge in [-0.2, -0.15) is 4.39 Å². The first-order chi connectivity index (χ1) is 15.0. The van der Waals surface area contributed by atoms with Gasteiger partial charge in [0.2, 0.25) is 5.82 Å². The Morgan fingerprint density at radius 3 is 2.06 bits per heavy atom. The number of methoxy groups -OCH3 is 1. The summed E-state index contributed by atoms with van der Waals surface area (Å²) >= 11 is 0. The quantitative estimate of drug-likeness (QED) is 0.675. The molecule has 8 nitrogen and oxygen atoms in total. The van der Waals surface area contributed by atoms with Crippen molar-refractivity contribution in [2.75, 3.05) is 69.4 Å². The summed E-state index contributed by atoms with van der Waals surface area (Å²) in [6, 6.07) is 4.33. The molecule has 4 rings (SSSR count). The van der Waals surface area contributed by atoms with Crippen LogP contribution in [0.4, 0.5) is 24.8 Å². The molecular formula is C20H22F3N5O3. The minimum atomic E-state index is -1.46. The summed E-state index contributed by atoms with van der Waals surface area (Å²) in [4.78, 5) is 18.1. The molecule has 31 heavy (non-hydrogen) atoms. The Morgan fingerprint density at radius 1 is 0.935 bits per heavy atom. The van der Waals surface area contributed by atoms with Gasteiger partial charge in [-0.05, 0) is 18.2 Å². The number of hydrogen-bond donors (Lipinski definition) is 0. The van der Waals surface area contributed by atoms with Crippen LogP contribution in [0.15, 0.2) is 18.2 Å². The first-order valence-electron chi connectivity index (χ1n) is 9.91. The lowest BCUT2D eigenvalue weighted by molar-refractivity contribution is 0.0740. The average Bonchev–Trinajstić information content (AvgIpc) is 2.82. The molecule has 11 heteroatoms. The Balaban J connectivity index is 1.41. The van der Waals surface area contributed by atoms with E-state index in [0.29, 0.717) is 38.2 Å². The first kappa shape index (κ1) is 21.2. The number of anilines is 2. The number of rotatable bonds is 4. The molecule has 1 amide bonds. The van der Waals surface area contributed by atoms with E-state index in [4.69, 9.17) is 4.74 Å². The number of aromatic nitrogens is 2. The highest BCUT2D eigenvalue weighted by molar-refractivity contribution is 5.95. The van der Waals surface area contributed by atoms with Crippen LogP contribution in [0.25, 0.3) is 0 Å². The van der Waals surface area contributed by atoms with Gasteiger partial charge in [0.15, 0.2) is 29.0 Å². The number of hydrogen-bond acceptors (Lipinski definition) is 7. The smallest absolute Gasteiger partial charge is 0.257 e. The third kappa shape index (κ3) is 4.22. The third-order valence-electron chi connectivity index (χ3n) is 5.41. The van der Waals surface area contributed by atoms with E-state index < -0.39 is 34.7 Å². The molecule has 2 aliphatic rings. The Kier molecular flexibility index (Phi) is 6.12. The number of nitrogens with zero attached hydrogens (tertiary/aromatic N) is 5. The Labute approximate surface area is 177 Å². The molecule has 0 radical (unpaired) electrons. The van der Waals surface area contributed by atoms with E-state index in [1.54, 1.807) is 0 Å². The molecule has 0 atom stereocenters. The fourth-order valence-corrected chi connectivity index (χ4v) is 3.67. The van der Waals surface area contributed by atoms with Crippen LogP contribution in [0, 0.1) is 17.5 Å². The van der Waals surface area contributed by atoms with Crippen LogP contribution in [-0.2, 0) is 4.74 Å². The van der Waals surface area contributed by atoms with E-state index in [-0.39, 0.29) is 13.1 Å². The van der Waals surface area contributed by atoms with Crippen LogP contribution in [-0.4, -0.2) is 80.6 Å². The molecule has 1 aromatic carbocycles. The van der Waals surface area contributed by atoms with Crippen molar-refractivity contribution in [3.8, 4) is 5.75 Å². The van der Waals surface area contributed by atoms with Crippen molar-refractivity contribution >= 4 is 17.5 Å². The highest BCUT2D eigenvalue weighted by Gasteiger charge is 2.29. The number of amides is 1. The molecular weight excluding hydrogens is 415 g/mol. The molecule has 0 unspecified atom stereocenters. The van der Waals surface area contributed by atoms with Gasteiger partial charge in [0.25, 0.3) is 5.91 Å². The lowest BCUT2D eigenvalue weighted by Crippen LogP contribution is -2.49. The van der Waals surface area contributed by atoms with E-state index in [1.165, 1.54) is 4.90 Å². The minimum absolute atomic E-state index is 0.270. The van der Waals surface area contributed by atoms with Gasteiger partial charge >= 0.3 is 0 Å². The average molecular weight is 437 g/mol. The Bertz CT molecular complexity index is 946. The zero-order valence-electron chi connectivity index (χ0n) is 17.0. The van der Waals surface area contributed by atoms with Crippen LogP contribution in [0.2, 0.25) is 0 Å². The van der Waals surface area contributed by atoms with Crippen molar-refractivity contribution in [2.24, 2.45) is 0 Å². The number of benzene rings is 1. The van der Waals surface area contributed by atoms with Gasteiger partial charge < -0.3 is 24.2 Å². The van der Waals surface area contributed by atoms with Gasteiger partial charge in [0.05, 0.1) is 25.9 Å². The summed E-state index contributed by atoms with van der Waals surface area (Å²) in [6.45, 7) is 4.27. The second kappa shape index (κ2) is 8.96. The van der Waals surface area contributed by atoms with Crippen LogP contribution in [0.5, 0.6) is 5.75 Å².